The quantitative estimate of drug-likeness (QED) is 0.705. The fourth-order valence-corrected chi connectivity index (χ4v) is 3.35. The molecule has 0 bridgehead atoms. The van der Waals surface area contributed by atoms with Gasteiger partial charge in [0, 0.05) is 56.9 Å². The Kier molecular flexibility index (Phi) is 5.88. The van der Waals surface area contributed by atoms with Gasteiger partial charge in [-0.25, -0.2) is 4.39 Å². The van der Waals surface area contributed by atoms with E-state index in [0.29, 0.717) is 32.7 Å². The van der Waals surface area contributed by atoms with Crippen LogP contribution in [0.3, 0.4) is 0 Å². The van der Waals surface area contributed by atoms with Crippen LogP contribution in [0.15, 0.2) is 24.4 Å². The van der Waals surface area contributed by atoms with Crippen LogP contribution in [-0.4, -0.2) is 55.0 Å². The zero-order valence-electron chi connectivity index (χ0n) is 14.9. The van der Waals surface area contributed by atoms with E-state index in [0.717, 1.165) is 22.9 Å². The zero-order chi connectivity index (χ0) is 18.5. The first-order valence-corrected chi connectivity index (χ1v) is 8.88. The molecule has 0 radical (unpaired) electrons. The fraction of sp³-hybridized carbons (Fsp3) is 0.474. The van der Waals surface area contributed by atoms with Gasteiger partial charge in [-0.2, -0.15) is 0 Å². The van der Waals surface area contributed by atoms with Crippen molar-refractivity contribution >= 4 is 22.7 Å². The number of hydrogen-bond donors (Lipinski definition) is 2. The molecule has 2 N–H and O–H groups in total. The summed E-state index contributed by atoms with van der Waals surface area (Å²) in [5, 5.41) is 3.69. The van der Waals surface area contributed by atoms with E-state index in [1.807, 2.05) is 6.20 Å². The molecule has 0 unspecified atom stereocenters. The molecule has 2 heterocycles. The van der Waals surface area contributed by atoms with Crippen molar-refractivity contribution in [2.75, 3.05) is 33.4 Å². The number of fused-ring (bicyclic) bond motifs is 1. The molecule has 3 rings (SSSR count). The summed E-state index contributed by atoms with van der Waals surface area (Å²) in [7, 11) is 1.62. The molecular formula is C19H24FN3O3. The highest BCUT2D eigenvalue weighted by atomic mass is 19.1. The monoisotopic (exact) mass is 361 g/mol. The van der Waals surface area contributed by atoms with Crippen molar-refractivity contribution in [2.24, 2.45) is 5.92 Å². The van der Waals surface area contributed by atoms with Gasteiger partial charge in [0.25, 0.3) is 0 Å². The van der Waals surface area contributed by atoms with Crippen LogP contribution in [0.1, 0.15) is 18.4 Å². The van der Waals surface area contributed by atoms with Crippen LogP contribution >= 0.6 is 0 Å². The Bertz CT molecular complexity index is 789. The van der Waals surface area contributed by atoms with E-state index in [4.69, 9.17) is 4.74 Å². The average Bonchev–Trinajstić information content (AvgIpc) is 3.20. The van der Waals surface area contributed by atoms with Crippen LogP contribution in [0.2, 0.25) is 0 Å². The van der Waals surface area contributed by atoms with Gasteiger partial charge in [0.05, 0.1) is 5.92 Å². The van der Waals surface area contributed by atoms with Gasteiger partial charge in [-0.1, -0.05) is 0 Å². The number of amides is 2. The van der Waals surface area contributed by atoms with Crippen LogP contribution < -0.4 is 5.32 Å². The largest absolute Gasteiger partial charge is 0.385 e. The zero-order valence-corrected chi connectivity index (χ0v) is 14.9. The highest BCUT2D eigenvalue weighted by Gasteiger charge is 2.33. The molecule has 1 aromatic heterocycles. The smallest absolute Gasteiger partial charge is 0.225 e. The number of halogens is 1. The van der Waals surface area contributed by atoms with E-state index < -0.39 is 0 Å². The van der Waals surface area contributed by atoms with Crippen LogP contribution in [0, 0.1) is 11.7 Å². The number of benzene rings is 1. The number of carbonyl (C=O) groups excluding carboxylic acids is 2. The number of aromatic nitrogens is 1. The molecule has 1 fully saturated rings. The lowest BCUT2D eigenvalue weighted by molar-refractivity contribution is -0.129. The van der Waals surface area contributed by atoms with Crippen LogP contribution in [0.5, 0.6) is 0 Å². The minimum Gasteiger partial charge on any atom is -0.385 e. The summed E-state index contributed by atoms with van der Waals surface area (Å²) in [6, 6.07) is 4.63. The number of H-pyrrole nitrogens is 1. The number of methoxy groups -OCH3 is 1. The molecule has 2 amide bonds. The standard InChI is InChI=1S/C19H24FN3O3/c1-26-8-2-6-21-19(25)14-9-18(24)23(12-14)7-5-13-11-22-17-4-3-15(20)10-16(13)17/h3-4,10-11,14,22H,2,5-9,12H2,1H3,(H,21,25)/t14-/m1/s1. The third kappa shape index (κ3) is 4.22. The maximum absolute atomic E-state index is 13.5. The lowest BCUT2D eigenvalue weighted by Crippen LogP contribution is -2.34. The molecule has 0 saturated carbocycles. The number of likely N-dealkylation sites (tertiary alicyclic amines) is 1. The molecule has 1 atom stereocenters. The summed E-state index contributed by atoms with van der Waals surface area (Å²) >= 11 is 0. The summed E-state index contributed by atoms with van der Waals surface area (Å²) < 4.78 is 18.4. The Hall–Kier alpha value is -2.41. The normalized spacial score (nSPS) is 17.2. The molecule has 1 aliphatic heterocycles. The second-order valence-corrected chi connectivity index (χ2v) is 6.63. The highest BCUT2D eigenvalue weighted by Crippen LogP contribution is 2.22. The molecule has 7 heteroatoms. The Morgan fingerprint density at radius 2 is 2.31 bits per heavy atom. The van der Waals surface area contributed by atoms with Crippen molar-refractivity contribution in [2.45, 2.75) is 19.3 Å². The maximum Gasteiger partial charge on any atom is 0.225 e. The minimum absolute atomic E-state index is 0.00642. The van der Waals surface area contributed by atoms with E-state index in [9.17, 15) is 14.0 Å². The average molecular weight is 361 g/mol. The number of rotatable bonds is 8. The molecule has 1 saturated heterocycles. The number of nitrogens with zero attached hydrogens (tertiary/aromatic N) is 1. The summed E-state index contributed by atoms with van der Waals surface area (Å²) in [5.41, 5.74) is 1.85. The number of aromatic amines is 1. The van der Waals surface area contributed by atoms with Crippen molar-refractivity contribution in [1.82, 2.24) is 15.2 Å². The number of nitrogens with one attached hydrogen (secondary N) is 2. The minimum atomic E-state index is -0.301. The summed E-state index contributed by atoms with van der Waals surface area (Å²) in [6.07, 6.45) is 3.48. The van der Waals surface area contributed by atoms with Gasteiger partial charge >= 0.3 is 0 Å². The van der Waals surface area contributed by atoms with Crippen LogP contribution in [0.4, 0.5) is 4.39 Å². The van der Waals surface area contributed by atoms with Gasteiger partial charge in [0.1, 0.15) is 5.82 Å². The molecule has 2 aromatic rings. The van der Waals surface area contributed by atoms with Gasteiger partial charge in [0.15, 0.2) is 0 Å². The third-order valence-electron chi connectivity index (χ3n) is 4.79. The molecule has 6 nitrogen and oxygen atoms in total. The van der Waals surface area contributed by atoms with Crippen LogP contribution in [-0.2, 0) is 20.7 Å². The third-order valence-corrected chi connectivity index (χ3v) is 4.79. The number of ether oxygens (including phenoxy) is 1. The first kappa shape index (κ1) is 18.4. The molecule has 1 aromatic carbocycles. The van der Waals surface area contributed by atoms with Crippen molar-refractivity contribution in [1.29, 1.82) is 0 Å². The lowest BCUT2D eigenvalue weighted by atomic mass is 10.1. The molecule has 26 heavy (non-hydrogen) atoms. The van der Waals surface area contributed by atoms with Crippen molar-refractivity contribution in [3.8, 4) is 0 Å². The Labute approximate surface area is 151 Å². The lowest BCUT2D eigenvalue weighted by Gasteiger charge is -2.16. The molecule has 140 valence electrons. The number of hydrogen-bond acceptors (Lipinski definition) is 3. The maximum atomic E-state index is 13.5. The van der Waals surface area contributed by atoms with E-state index in [1.165, 1.54) is 12.1 Å². The van der Waals surface area contributed by atoms with Crippen molar-refractivity contribution in [3.05, 3.63) is 35.8 Å². The van der Waals surface area contributed by atoms with Gasteiger partial charge in [-0.3, -0.25) is 9.59 Å². The second-order valence-electron chi connectivity index (χ2n) is 6.63. The van der Waals surface area contributed by atoms with Crippen molar-refractivity contribution < 1.29 is 18.7 Å². The van der Waals surface area contributed by atoms with Gasteiger partial charge in [-0.15, -0.1) is 0 Å². The topological polar surface area (TPSA) is 74.4 Å². The predicted octanol–water partition coefficient (Wildman–Crippen LogP) is 1.85. The molecule has 0 spiro atoms. The highest BCUT2D eigenvalue weighted by molar-refractivity contribution is 5.89. The SMILES string of the molecule is COCCCNC(=O)[C@@H]1CC(=O)N(CCc2c[nH]c3ccc(F)cc23)C1. The van der Waals surface area contributed by atoms with E-state index in [1.54, 1.807) is 18.1 Å². The van der Waals surface area contributed by atoms with E-state index in [-0.39, 0.29) is 30.0 Å². The summed E-state index contributed by atoms with van der Waals surface area (Å²) in [4.78, 5) is 29.2. The first-order chi connectivity index (χ1) is 12.6. The molecular weight excluding hydrogens is 337 g/mol. The van der Waals surface area contributed by atoms with Gasteiger partial charge in [0.2, 0.25) is 11.8 Å². The van der Waals surface area contributed by atoms with E-state index in [2.05, 4.69) is 10.3 Å². The Balaban J connectivity index is 1.53. The summed E-state index contributed by atoms with van der Waals surface area (Å²) in [6.45, 7) is 2.11. The van der Waals surface area contributed by atoms with Gasteiger partial charge < -0.3 is 19.9 Å². The summed E-state index contributed by atoms with van der Waals surface area (Å²) in [5.74, 6) is -0.662. The first-order valence-electron chi connectivity index (χ1n) is 8.88. The second kappa shape index (κ2) is 8.31. The molecule has 1 aliphatic rings. The molecule has 0 aliphatic carbocycles. The Morgan fingerprint density at radius 1 is 1.46 bits per heavy atom. The van der Waals surface area contributed by atoms with Gasteiger partial charge in [-0.05, 0) is 36.6 Å². The van der Waals surface area contributed by atoms with E-state index >= 15 is 0 Å². The van der Waals surface area contributed by atoms with Crippen molar-refractivity contribution in [3.63, 3.8) is 0 Å². The van der Waals surface area contributed by atoms with Crippen LogP contribution in [0.25, 0.3) is 10.9 Å². The predicted molar refractivity (Wildman–Crippen MR) is 96.2 cm³/mol. The number of carbonyl (C=O) groups is 2. The Morgan fingerprint density at radius 3 is 3.12 bits per heavy atom. The fourth-order valence-electron chi connectivity index (χ4n) is 3.35.